The summed E-state index contributed by atoms with van der Waals surface area (Å²) in [5.74, 6) is 0. The van der Waals surface area contributed by atoms with E-state index in [9.17, 15) is 5.11 Å². The van der Waals surface area contributed by atoms with Gasteiger partial charge in [0.2, 0.25) is 0 Å². The van der Waals surface area contributed by atoms with Crippen molar-refractivity contribution in [1.29, 1.82) is 0 Å². The van der Waals surface area contributed by atoms with E-state index < -0.39 is 11.1 Å². The predicted molar refractivity (Wildman–Crippen MR) is 98.2 cm³/mol. The summed E-state index contributed by atoms with van der Waals surface area (Å²) in [6, 6.07) is 13.6. The first-order valence-corrected chi connectivity index (χ1v) is 8.25. The molecule has 0 aromatic heterocycles. The Labute approximate surface area is 146 Å². The number of anilines is 1. The van der Waals surface area contributed by atoms with E-state index in [0.29, 0.717) is 10.0 Å². The molecule has 3 rings (SSSR count). The summed E-state index contributed by atoms with van der Waals surface area (Å²) in [7, 11) is 0. The second-order valence-corrected chi connectivity index (χ2v) is 7.46. The van der Waals surface area contributed by atoms with Crippen LogP contribution in [0.5, 0.6) is 0 Å². The molecule has 1 heterocycles. The molecule has 23 heavy (non-hydrogen) atoms. The monoisotopic (exact) mass is 347 g/mol. The van der Waals surface area contributed by atoms with Gasteiger partial charge in [-0.25, -0.2) is 0 Å². The van der Waals surface area contributed by atoms with Crippen molar-refractivity contribution in [2.75, 3.05) is 5.32 Å². The Morgan fingerprint density at radius 3 is 2.35 bits per heavy atom. The molecule has 0 fully saturated rings. The molecule has 2 N–H and O–H groups in total. The molecule has 2 aromatic carbocycles. The Morgan fingerprint density at radius 2 is 1.74 bits per heavy atom. The van der Waals surface area contributed by atoms with Gasteiger partial charge >= 0.3 is 0 Å². The third-order valence-electron chi connectivity index (χ3n) is 4.20. The quantitative estimate of drug-likeness (QED) is 0.752. The van der Waals surface area contributed by atoms with Crippen LogP contribution in [0.15, 0.2) is 48.5 Å². The van der Waals surface area contributed by atoms with Gasteiger partial charge in [-0.3, -0.25) is 0 Å². The van der Waals surface area contributed by atoms with Crippen LogP contribution < -0.4 is 5.32 Å². The molecule has 1 atom stereocenters. The molecule has 0 aliphatic carbocycles. The highest BCUT2D eigenvalue weighted by molar-refractivity contribution is 6.37. The molecule has 0 spiro atoms. The highest BCUT2D eigenvalue weighted by Gasteiger charge is 2.36. The van der Waals surface area contributed by atoms with Crippen LogP contribution in [0.1, 0.15) is 31.9 Å². The Bertz CT molecular complexity index is 778. The van der Waals surface area contributed by atoms with Crippen LogP contribution in [0.2, 0.25) is 10.0 Å². The fourth-order valence-corrected chi connectivity index (χ4v) is 3.56. The first-order chi connectivity index (χ1) is 10.7. The first kappa shape index (κ1) is 16.4. The van der Waals surface area contributed by atoms with Gasteiger partial charge in [-0.1, -0.05) is 53.5 Å². The molecule has 0 bridgehead atoms. The van der Waals surface area contributed by atoms with Crippen molar-refractivity contribution >= 4 is 34.5 Å². The topological polar surface area (TPSA) is 32.3 Å². The van der Waals surface area contributed by atoms with Crippen molar-refractivity contribution in [2.24, 2.45) is 0 Å². The number of fused-ring (bicyclic) bond motifs is 1. The second kappa shape index (κ2) is 5.55. The number of nitrogens with one attached hydrogen (secondary N) is 1. The summed E-state index contributed by atoms with van der Waals surface area (Å²) < 4.78 is 0. The molecule has 0 radical (unpaired) electrons. The third kappa shape index (κ3) is 2.99. The van der Waals surface area contributed by atoms with E-state index in [2.05, 4.69) is 30.4 Å². The van der Waals surface area contributed by atoms with Crippen LogP contribution >= 0.6 is 23.2 Å². The largest absolute Gasteiger partial charge is 0.386 e. The Hall–Kier alpha value is -1.48. The van der Waals surface area contributed by atoms with Gasteiger partial charge in [0.05, 0.1) is 21.8 Å². The van der Waals surface area contributed by atoms with Crippen LogP contribution in [-0.2, 0) is 5.54 Å². The van der Waals surface area contributed by atoms with Gasteiger partial charge in [-0.15, -0.1) is 0 Å². The molecular formula is C19H19Cl2NO. The molecule has 0 amide bonds. The lowest BCUT2D eigenvalue weighted by molar-refractivity contribution is 0.143. The van der Waals surface area contributed by atoms with Crippen molar-refractivity contribution in [3.63, 3.8) is 0 Å². The summed E-state index contributed by atoms with van der Waals surface area (Å²) >= 11 is 12.6. The van der Waals surface area contributed by atoms with Gasteiger partial charge in [0.15, 0.2) is 0 Å². The van der Waals surface area contributed by atoms with Gasteiger partial charge in [-0.2, -0.15) is 0 Å². The molecule has 0 saturated heterocycles. The summed E-state index contributed by atoms with van der Waals surface area (Å²) in [5.41, 5.74) is 2.05. The average Bonchev–Trinajstić information content (AvgIpc) is 2.47. The van der Waals surface area contributed by atoms with Gasteiger partial charge in [0.25, 0.3) is 0 Å². The van der Waals surface area contributed by atoms with Crippen molar-refractivity contribution < 1.29 is 5.11 Å². The lowest BCUT2D eigenvalue weighted by Gasteiger charge is -2.39. The van der Waals surface area contributed by atoms with E-state index >= 15 is 0 Å². The molecule has 120 valence electrons. The highest BCUT2D eigenvalue weighted by Crippen LogP contribution is 2.46. The maximum atomic E-state index is 10.7. The maximum Gasteiger partial charge on any atom is 0.0844 e. The number of hydrogen-bond donors (Lipinski definition) is 2. The molecule has 1 unspecified atom stereocenters. The summed E-state index contributed by atoms with van der Waals surface area (Å²) in [6.45, 7) is 5.62. The number of rotatable bonds is 2. The van der Waals surface area contributed by atoms with Crippen LogP contribution in [0.3, 0.4) is 0 Å². The fraction of sp³-hybridized carbons (Fsp3) is 0.263. The minimum Gasteiger partial charge on any atom is -0.386 e. The van der Waals surface area contributed by atoms with Crippen molar-refractivity contribution in [2.45, 2.75) is 31.9 Å². The third-order valence-corrected chi connectivity index (χ3v) is 4.71. The zero-order valence-corrected chi connectivity index (χ0v) is 14.8. The Kier molecular flexibility index (Phi) is 3.96. The number of aliphatic hydroxyl groups is 1. The second-order valence-electron chi connectivity index (χ2n) is 6.62. The highest BCUT2D eigenvalue weighted by atomic mass is 35.5. The summed E-state index contributed by atoms with van der Waals surface area (Å²) in [4.78, 5) is 0. The Balaban J connectivity index is 2.26. The summed E-state index contributed by atoms with van der Waals surface area (Å²) in [5, 5.41) is 15.3. The normalized spacial score (nSPS) is 20.5. The zero-order valence-electron chi connectivity index (χ0n) is 13.3. The number of halogens is 2. The van der Waals surface area contributed by atoms with Crippen molar-refractivity contribution in [1.82, 2.24) is 0 Å². The van der Waals surface area contributed by atoms with E-state index in [1.165, 1.54) is 0 Å². The van der Waals surface area contributed by atoms with Gasteiger partial charge in [-0.05, 0) is 50.1 Å². The molecule has 1 aliphatic rings. The van der Waals surface area contributed by atoms with Crippen molar-refractivity contribution in [3.05, 3.63) is 69.7 Å². The Morgan fingerprint density at radius 1 is 1.09 bits per heavy atom. The average molecular weight is 348 g/mol. The number of hydrogen-bond acceptors (Lipinski definition) is 2. The molecule has 0 saturated carbocycles. The van der Waals surface area contributed by atoms with E-state index in [1.807, 2.05) is 24.3 Å². The van der Waals surface area contributed by atoms with Crippen molar-refractivity contribution in [3.8, 4) is 0 Å². The summed E-state index contributed by atoms with van der Waals surface area (Å²) in [6.07, 6.45) is 2.05. The molecule has 2 aromatic rings. The van der Waals surface area contributed by atoms with Gasteiger partial charge in [0, 0.05) is 10.6 Å². The zero-order chi connectivity index (χ0) is 16.8. The smallest absolute Gasteiger partial charge is 0.0844 e. The van der Waals surface area contributed by atoms with E-state index in [0.717, 1.165) is 22.4 Å². The lowest BCUT2D eigenvalue weighted by Crippen LogP contribution is -2.36. The van der Waals surface area contributed by atoms with E-state index in [1.54, 1.807) is 19.9 Å². The molecule has 2 nitrogen and oxygen atoms in total. The fourth-order valence-electron chi connectivity index (χ4n) is 3.02. The molecule has 4 heteroatoms. The van der Waals surface area contributed by atoms with E-state index in [4.69, 9.17) is 23.2 Å². The first-order valence-electron chi connectivity index (χ1n) is 7.49. The molecule has 1 aliphatic heterocycles. The lowest BCUT2D eigenvalue weighted by atomic mass is 9.79. The number of benzene rings is 2. The van der Waals surface area contributed by atoms with Crippen LogP contribution in [0, 0.1) is 0 Å². The predicted octanol–water partition coefficient (Wildman–Crippen LogP) is 5.49. The van der Waals surface area contributed by atoms with Gasteiger partial charge in [0.1, 0.15) is 0 Å². The SMILES string of the molecule is CC(C)(O)C1=CC(C)(c2ccccc2)Nc2c(Cl)cc(Cl)cc21. The minimum atomic E-state index is -1.01. The standard InChI is InChI=1S/C19H19Cl2NO/c1-18(2,23)15-11-19(3,12-7-5-4-6-8-12)22-17-14(15)9-13(20)10-16(17)21/h4-11,22-23H,1-3H3. The van der Waals surface area contributed by atoms with Crippen LogP contribution in [-0.4, -0.2) is 10.7 Å². The minimum absolute atomic E-state index is 0.471. The van der Waals surface area contributed by atoms with Crippen LogP contribution in [0.4, 0.5) is 5.69 Å². The maximum absolute atomic E-state index is 10.7. The van der Waals surface area contributed by atoms with Crippen LogP contribution in [0.25, 0.3) is 5.57 Å². The van der Waals surface area contributed by atoms with E-state index in [-0.39, 0.29) is 0 Å². The van der Waals surface area contributed by atoms with Gasteiger partial charge < -0.3 is 10.4 Å². The molecular weight excluding hydrogens is 329 g/mol.